The van der Waals surface area contributed by atoms with E-state index in [9.17, 15) is 9.18 Å². The zero-order chi connectivity index (χ0) is 12.4. The van der Waals surface area contributed by atoms with Gasteiger partial charge in [-0.05, 0) is 42.9 Å². The highest BCUT2D eigenvalue weighted by Crippen LogP contribution is 2.31. The molecule has 0 unspecified atom stereocenters. The van der Waals surface area contributed by atoms with Crippen LogP contribution >= 0.6 is 0 Å². The number of aliphatic hydroxyl groups is 1. The largest absolute Gasteiger partial charge is 0.398 e. The molecule has 0 amide bonds. The van der Waals surface area contributed by atoms with Gasteiger partial charge >= 0.3 is 0 Å². The standard InChI is InChI=1S/C13H16FNO2/c14-10-7-11(15)13-9(3-1-5-12(13)17)8(10)4-2-6-16/h7,16H,1-6,15H2. The third-order valence-corrected chi connectivity index (χ3v) is 3.22. The maximum atomic E-state index is 13.8. The molecule has 1 aliphatic carbocycles. The smallest absolute Gasteiger partial charge is 0.165 e. The van der Waals surface area contributed by atoms with Crippen molar-refractivity contribution in [3.63, 3.8) is 0 Å². The van der Waals surface area contributed by atoms with E-state index >= 15 is 0 Å². The summed E-state index contributed by atoms with van der Waals surface area (Å²) in [6.07, 6.45) is 2.90. The monoisotopic (exact) mass is 237 g/mol. The van der Waals surface area contributed by atoms with E-state index < -0.39 is 0 Å². The lowest BCUT2D eigenvalue weighted by Crippen LogP contribution is -2.17. The molecule has 1 aromatic carbocycles. The second-order valence-electron chi connectivity index (χ2n) is 4.38. The molecule has 2 rings (SSSR count). The van der Waals surface area contributed by atoms with Crippen LogP contribution in [0.1, 0.15) is 40.7 Å². The van der Waals surface area contributed by atoms with Crippen molar-refractivity contribution in [1.82, 2.24) is 0 Å². The number of benzene rings is 1. The van der Waals surface area contributed by atoms with Crippen LogP contribution in [0.5, 0.6) is 0 Å². The van der Waals surface area contributed by atoms with Crippen molar-refractivity contribution in [1.29, 1.82) is 0 Å². The lowest BCUT2D eigenvalue weighted by Gasteiger charge is -2.21. The Morgan fingerprint density at radius 1 is 1.41 bits per heavy atom. The first kappa shape index (κ1) is 12.0. The van der Waals surface area contributed by atoms with Crippen LogP contribution in [-0.2, 0) is 12.8 Å². The fourth-order valence-corrected chi connectivity index (χ4v) is 2.45. The average molecular weight is 237 g/mol. The number of anilines is 1. The van der Waals surface area contributed by atoms with E-state index in [0.717, 1.165) is 12.0 Å². The average Bonchev–Trinajstić information content (AvgIpc) is 2.28. The molecule has 0 aliphatic heterocycles. The van der Waals surface area contributed by atoms with Gasteiger partial charge in [0.1, 0.15) is 5.82 Å². The summed E-state index contributed by atoms with van der Waals surface area (Å²) >= 11 is 0. The van der Waals surface area contributed by atoms with Gasteiger partial charge < -0.3 is 10.8 Å². The predicted molar refractivity (Wildman–Crippen MR) is 63.5 cm³/mol. The van der Waals surface area contributed by atoms with E-state index in [1.165, 1.54) is 6.07 Å². The van der Waals surface area contributed by atoms with E-state index in [0.29, 0.717) is 36.8 Å². The fraction of sp³-hybridized carbons (Fsp3) is 0.462. The summed E-state index contributed by atoms with van der Waals surface area (Å²) in [6, 6.07) is 1.23. The number of hydrogen-bond donors (Lipinski definition) is 2. The minimum Gasteiger partial charge on any atom is -0.398 e. The van der Waals surface area contributed by atoms with Gasteiger partial charge in [-0.15, -0.1) is 0 Å². The van der Waals surface area contributed by atoms with Crippen LogP contribution < -0.4 is 5.73 Å². The Morgan fingerprint density at radius 3 is 2.88 bits per heavy atom. The summed E-state index contributed by atoms with van der Waals surface area (Å²) in [4.78, 5) is 11.8. The normalized spacial score (nSPS) is 14.8. The molecule has 0 saturated heterocycles. The Morgan fingerprint density at radius 2 is 2.18 bits per heavy atom. The molecule has 0 spiro atoms. The minimum atomic E-state index is -0.357. The van der Waals surface area contributed by atoms with E-state index in [1.54, 1.807) is 0 Å². The maximum Gasteiger partial charge on any atom is 0.165 e. The molecule has 0 aromatic heterocycles. The zero-order valence-electron chi connectivity index (χ0n) is 9.63. The Kier molecular flexibility index (Phi) is 3.43. The number of ketones is 1. The van der Waals surface area contributed by atoms with Gasteiger partial charge in [-0.3, -0.25) is 4.79 Å². The Bertz CT molecular complexity index is 457. The molecule has 3 nitrogen and oxygen atoms in total. The molecule has 0 radical (unpaired) electrons. The highest BCUT2D eigenvalue weighted by Gasteiger charge is 2.24. The SMILES string of the molecule is Nc1cc(F)c(CCCO)c2c1C(=O)CCC2. The number of carbonyl (C=O) groups excluding carboxylic acids is 1. The van der Waals surface area contributed by atoms with Crippen LogP contribution in [0.25, 0.3) is 0 Å². The lowest BCUT2D eigenvalue weighted by atomic mass is 9.84. The summed E-state index contributed by atoms with van der Waals surface area (Å²) in [6.45, 7) is 0.0204. The summed E-state index contributed by atoms with van der Waals surface area (Å²) in [5.74, 6) is -0.349. The predicted octanol–water partition coefficient (Wildman–Crippen LogP) is 1.85. The molecule has 1 aliphatic rings. The van der Waals surface area contributed by atoms with Crippen molar-refractivity contribution >= 4 is 11.5 Å². The van der Waals surface area contributed by atoms with Crippen molar-refractivity contribution in [2.24, 2.45) is 0 Å². The van der Waals surface area contributed by atoms with Crippen LogP contribution in [-0.4, -0.2) is 17.5 Å². The molecule has 3 N–H and O–H groups in total. The second kappa shape index (κ2) is 4.84. The number of aliphatic hydroxyl groups excluding tert-OH is 1. The van der Waals surface area contributed by atoms with E-state index in [2.05, 4.69) is 0 Å². The molecule has 4 heteroatoms. The maximum absolute atomic E-state index is 13.8. The van der Waals surface area contributed by atoms with Gasteiger partial charge in [0.25, 0.3) is 0 Å². The lowest BCUT2D eigenvalue weighted by molar-refractivity contribution is 0.0973. The summed E-state index contributed by atoms with van der Waals surface area (Å²) in [7, 11) is 0. The van der Waals surface area contributed by atoms with Crippen LogP contribution in [0.3, 0.4) is 0 Å². The van der Waals surface area contributed by atoms with Gasteiger partial charge in [-0.1, -0.05) is 0 Å². The number of nitrogens with two attached hydrogens (primary N) is 1. The number of halogens is 1. The first-order valence-electron chi connectivity index (χ1n) is 5.89. The van der Waals surface area contributed by atoms with Crippen molar-refractivity contribution < 1.29 is 14.3 Å². The molecular formula is C13H16FNO2. The molecule has 0 fully saturated rings. The number of rotatable bonds is 3. The molecule has 92 valence electrons. The number of carbonyl (C=O) groups is 1. The quantitative estimate of drug-likeness (QED) is 0.788. The number of nitrogen functional groups attached to an aromatic ring is 1. The van der Waals surface area contributed by atoms with Gasteiger partial charge in [0.15, 0.2) is 5.78 Å². The van der Waals surface area contributed by atoms with E-state index in [-0.39, 0.29) is 23.9 Å². The highest BCUT2D eigenvalue weighted by molar-refractivity contribution is 6.03. The number of fused-ring (bicyclic) bond motifs is 1. The minimum absolute atomic E-state index is 0.00833. The molecule has 0 bridgehead atoms. The van der Waals surface area contributed by atoms with E-state index in [4.69, 9.17) is 10.8 Å². The van der Waals surface area contributed by atoms with Gasteiger partial charge in [-0.25, -0.2) is 4.39 Å². The van der Waals surface area contributed by atoms with Crippen LogP contribution in [0, 0.1) is 5.82 Å². The Labute approximate surface area is 99.4 Å². The highest BCUT2D eigenvalue weighted by atomic mass is 19.1. The molecule has 1 aromatic rings. The first-order chi connectivity index (χ1) is 8.15. The molecule has 0 heterocycles. The summed E-state index contributed by atoms with van der Waals surface area (Å²) < 4.78 is 13.8. The molecular weight excluding hydrogens is 221 g/mol. The topological polar surface area (TPSA) is 63.3 Å². The van der Waals surface area contributed by atoms with Gasteiger partial charge in [0.05, 0.1) is 0 Å². The second-order valence-corrected chi connectivity index (χ2v) is 4.38. The number of hydrogen-bond acceptors (Lipinski definition) is 3. The first-order valence-corrected chi connectivity index (χ1v) is 5.89. The summed E-state index contributed by atoms with van der Waals surface area (Å²) in [5.41, 5.74) is 7.78. The van der Waals surface area contributed by atoms with Crippen LogP contribution in [0.2, 0.25) is 0 Å². The Hall–Kier alpha value is -1.42. The molecule has 0 atom stereocenters. The van der Waals surface area contributed by atoms with Crippen molar-refractivity contribution in [2.75, 3.05) is 12.3 Å². The Balaban J connectivity index is 2.51. The zero-order valence-corrected chi connectivity index (χ0v) is 9.63. The van der Waals surface area contributed by atoms with Gasteiger partial charge in [-0.2, -0.15) is 0 Å². The van der Waals surface area contributed by atoms with E-state index in [1.807, 2.05) is 0 Å². The van der Waals surface area contributed by atoms with Crippen molar-refractivity contribution in [2.45, 2.75) is 32.1 Å². The van der Waals surface area contributed by atoms with Gasteiger partial charge in [0.2, 0.25) is 0 Å². The third-order valence-electron chi connectivity index (χ3n) is 3.22. The molecule has 0 saturated carbocycles. The number of Topliss-reactive ketones (excluding diaryl/α,β-unsaturated/α-hetero) is 1. The summed E-state index contributed by atoms with van der Waals surface area (Å²) in [5, 5.41) is 8.82. The van der Waals surface area contributed by atoms with Crippen molar-refractivity contribution in [3.8, 4) is 0 Å². The fourth-order valence-electron chi connectivity index (χ4n) is 2.45. The van der Waals surface area contributed by atoms with Crippen LogP contribution in [0.15, 0.2) is 6.07 Å². The third kappa shape index (κ3) is 2.17. The van der Waals surface area contributed by atoms with Gasteiger partial charge in [0, 0.05) is 24.3 Å². The molecule has 17 heavy (non-hydrogen) atoms. The van der Waals surface area contributed by atoms with Crippen molar-refractivity contribution in [3.05, 3.63) is 28.6 Å². The van der Waals surface area contributed by atoms with Crippen LogP contribution in [0.4, 0.5) is 10.1 Å².